The number of anilines is 1. The van der Waals surface area contributed by atoms with Gasteiger partial charge in [-0.3, -0.25) is 0 Å². The molecule has 1 aromatic heterocycles. The quantitative estimate of drug-likeness (QED) is 0.887. The van der Waals surface area contributed by atoms with Crippen molar-refractivity contribution in [3.05, 3.63) is 53.7 Å². The normalized spacial score (nSPS) is 11.3. The first-order chi connectivity index (χ1) is 9.05. The molecule has 1 aromatic carbocycles. The van der Waals surface area contributed by atoms with Crippen molar-refractivity contribution in [1.29, 1.82) is 0 Å². The summed E-state index contributed by atoms with van der Waals surface area (Å²) in [6.07, 6.45) is 2.10. The molecule has 0 unspecified atom stereocenters. The smallest absolute Gasteiger partial charge is 0.149 e. The molecule has 0 aliphatic heterocycles. The molecule has 3 heteroatoms. The Morgan fingerprint density at radius 3 is 2.37 bits per heavy atom. The van der Waals surface area contributed by atoms with Gasteiger partial charge in [-0.25, -0.2) is 0 Å². The third kappa shape index (κ3) is 4.36. The number of aryl methyl sites for hydroxylation is 2. The van der Waals surface area contributed by atoms with Crippen LogP contribution in [-0.2, 0) is 6.42 Å². The fourth-order valence-corrected chi connectivity index (χ4v) is 1.98. The molecule has 0 aliphatic carbocycles. The maximum atomic E-state index is 4.16. The van der Waals surface area contributed by atoms with Crippen LogP contribution in [0.4, 0.5) is 5.82 Å². The third-order valence-electron chi connectivity index (χ3n) is 3.15. The Morgan fingerprint density at radius 2 is 1.74 bits per heavy atom. The van der Waals surface area contributed by atoms with Crippen LogP contribution >= 0.6 is 0 Å². The van der Waals surface area contributed by atoms with Gasteiger partial charge in [0.25, 0.3) is 0 Å². The van der Waals surface area contributed by atoms with Crippen LogP contribution in [0.2, 0.25) is 0 Å². The molecule has 0 saturated heterocycles. The Morgan fingerprint density at radius 1 is 1.00 bits per heavy atom. The average Bonchev–Trinajstić information content (AvgIpc) is 2.40. The summed E-state index contributed by atoms with van der Waals surface area (Å²) in [5, 5.41) is 11.7. The van der Waals surface area contributed by atoms with Gasteiger partial charge in [-0.2, -0.15) is 5.10 Å². The van der Waals surface area contributed by atoms with Gasteiger partial charge < -0.3 is 5.32 Å². The third-order valence-corrected chi connectivity index (χ3v) is 3.15. The molecule has 0 atom stereocenters. The van der Waals surface area contributed by atoms with E-state index >= 15 is 0 Å². The van der Waals surface area contributed by atoms with E-state index in [4.69, 9.17) is 0 Å². The predicted molar refractivity (Wildman–Crippen MR) is 79.2 cm³/mol. The predicted octanol–water partition coefficient (Wildman–Crippen LogP) is 3.61. The Balaban J connectivity index is 1.93. The summed E-state index contributed by atoms with van der Waals surface area (Å²) >= 11 is 0. The molecule has 19 heavy (non-hydrogen) atoms. The van der Waals surface area contributed by atoms with Gasteiger partial charge in [0.15, 0.2) is 0 Å². The molecule has 0 radical (unpaired) electrons. The number of hydrogen-bond acceptors (Lipinski definition) is 3. The summed E-state index contributed by atoms with van der Waals surface area (Å²) in [7, 11) is 0. The van der Waals surface area contributed by atoms with Crippen LogP contribution < -0.4 is 5.32 Å². The number of nitrogens with one attached hydrogen (secondary N) is 1. The first kappa shape index (κ1) is 13.5. The minimum atomic E-state index is -0.000219. The van der Waals surface area contributed by atoms with E-state index in [1.807, 2.05) is 19.1 Å². The summed E-state index contributed by atoms with van der Waals surface area (Å²) in [6.45, 7) is 6.33. The molecule has 2 rings (SSSR count). The highest BCUT2D eigenvalue weighted by Crippen LogP contribution is 2.18. The van der Waals surface area contributed by atoms with Crippen molar-refractivity contribution < 1.29 is 0 Å². The molecule has 1 N–H and O–H groups in total. The van der Waals surface area contributed by atoms with Gasteiger partial charge in [0, 0.05) is 5.54 Å². The Labute approximate surface area is 115 Å². The number of aromatic nitrogens is 2. The van der Waals surface area contributed by atoms with Crippen molar-refractivity contribution in [2.45, 2.75) is 39.2 Å². The molecule has 0 amide bonds. The molecule has 0 bridgehead atoms. The van der Waals surface area contributed by atoms with Crippen molar-refractivity contribution in [2.24, 2.45) is 0 Å². The summed E-state index contributed by atoms with van der Waals surface area (Å²) in [5.41, 5.74) is 2.31. The van der Waals surface area contributed by atoms with Gasteiger partial charge in [-0.05, 0) is 51.3 Å². The zero-order valence-electron chi connectivity index (χ0n) is 11.9. The zero-order valence-corrected chi connectivity index (χ0v) is 11.9. The number of nitrogens with zero attached hydrogens (tertiary/aromatic N) is 2. The lowest BCUT2D eigenvalue weighted by Gasteiger charge is -2.26. The molecule has 0 aliphatic rings. The van der Waals surface area contributed by atoms with E-state index in [2.05, 4.69) is 59.7 Å². The molecule has 3 nitrogen and oxygen atoms in total. The van der Waals surface area contributed by atoms with E-state index in [0.717, 1.165) is 24.4 Å². The zero-order chi connectivity index (χ0) is 13.7. The van der Waals surface area contributed by atoms with Gasteiger partial charge in [-0.15, -0.1) is 5.10 Å². The fraction of sp³-hybridized carbons (Fsp3) is 0.375. The topological polar surface area (TPSA) is 37.8 Å². The van der Waals surface area contributed by atoms with Gasteiger partial charge >= 0.3 is 0 Å². The lowest BCUT2D eigenvalue weighted by molar-refractivity contribution is 0.515. The standard InChI is InChI=1S/C16H21N3/c1-13-9-10-15(19-18-13)17-16(2,3)12-11-14-7-5-4-6-8-14/h4-10H,11-12H2,1-3H3,(H,17,19). The van der Waals surface area contributed by atoms with Crippen LogP contribution in [-0.4, -0.2) is 15.7 Å². The highest BCUT2D eigenvalue weighted by atomic mass is 15.2. The Bertz CT molecular complexity index is 503. The van der Waals surface area contributed by atoms with Crippen LogP contribution in [0.1, 0.15) is 31.5 Å². The second-order valence-electron chi connectivity index (χ2n) is 5.55. The van der Waals surface area contributed by atoms with E-state index in [0.29, 0.717) is 0 Å². The summed E-state index contributed by atoms with van der Waals surface area (Å²) < 4.78 is 0. The lowest BCUT2D eigenvalue weighted by Crippen LogP contribution is -2.32. The number of rotatable bonds is 5. The van der Waals surface area contributed by atoms with Crippen LogP contribution in [0.5, 0.6) is 0 Å². The van der Waals surface area contributed by atoms with Crippen molar-refractivity contribution in [3.8, 4) is 0 Å². The van der Waals surface area contributed by atoms with Crippen LogP contribution in [0.15, 0.2) is 42.5 Å². The summed E-state index contributed by atoms with van der Waals surface area (Å²) in [5.74, 6) is 0.837. The molecule has 100 valence electrons. The first-order valence-electron chi connectivity index (χ1n) is 6.68. The van der Waals surface area contributed by atoms with Gasteiger partial charge in [0.1, 0.15) is 5.82 Å². The highest BCUT2D eigenvalue weighted by Gasteiger charge is 2.17. The maximum Gasteiger partial charge on any atom is 0.149 e. The lowest BCUT2D eigenvalue weighted by atomic mass is 9.95. The number of benzene rings is 1. The van der Waals surface area contributed by atoms with E-state index in [9.17, 15) is 0 Å². The van der Waals surface area contributed by atoms with E-state index in [1.165, 1.54) is 5.56 Å². The van der Waals surface area contributed by atoms with Crippen molar-refractivity contribution in [1.82, 2.24) is 10.2 Å². The SMILES string of the molecule is Cc1ccc(NC(C)(C)CCc2ccccc2)nn1. The van der Waals surface area contributed by atoms with Gasteiger partial charge in [-0.1, -0.05) is 30.3 Å². The Hall–Kier alpha value is -1.90. The van der Waals surface area contributed by atoms with E-state index < -0.39 is 0 Å². The minimum absolute atomic E-state index is 0.000219. The van der Waals surface area contributed by atoms with Gasteiger partial charge in [0.2, 0.25) is 0 Å². The fourth-order valence-electron chi connectivity index (χ4n) is 1.98. The van der Waals surface area contributed by atoms with Crippen molar-refractivity contribution in [3.63, 3.8) is 0 Å². The van der Waals surface area contributed by atoms with Crippen LogP contribution in [0, 0.1) is 6.92 Å². The molecular formula is C16H21N3. The largest absolute Gasteiger partial charge is 0.364 e. The molecule has 0 saturated carbocycles. The highest BCUT2D eigenvalue weighted by molar-refractivity contribution is 5.36. The Kier molecular flexibility index (Phi) is 4.15. The average molecular weight is 255 g/mol. The van der Waals surface area contributed by atoms with Gasteiger partial charge in [0.05, 0.1) is 5.69 Å². The minimum Gasteiger partial charge on any atom is -0.364 e. The molecule has 0 spiro atoms. The van der Waals surface area contributed by atoms with E-state index in [1.54, 1.807) is 0 Å². The monoisotopic (exact) mass is 255 g/mol. The maximum absolute atomic E-state index is 4.16. The molecular weight excluding hydrogens is 234 g/mol. The van der Waals surface area contributed by atoms with E-state index in [-0.39, 0.29) is 5.54 Å². The molecule has 0 fully saturated rings. The first-order valence-corrected chi connectivity index (χ1v) is 6.68. The van der Waals surface area contributed by atoms with Crippen molar-refractivity contribution in [2.75, 3.05) is 5.32 Å². The second kappa shape index (κ2) is 5.83. The summed E-state index contributed by atoms with van der Waals surface area (Å²) in [6, 6.07) is 14.5. The summed E-state index contributed by atoms with van der Waals surface area (Å²) in [4.78, 5) is 0. The number of hydrogen-bond donors (Lipinski definition) is 1. The van der Waals surface area contributed by atoms with Crippen LogP contribution in [0.3, 0.4) is 0 Å². The molecule has 1 heterocycles. The molecule has 2 aromatic rings. The van der Waals surface area contributed by atoms with Crippen molar-refractivity contribution >= 4 is 5.82 Å². The second-order valence-corrected chi connectivity index (χ2v) is 5.55. The van der Waals surface area contributed by atoms with Crippen LogP contribution in [0.25, 0.3) is 0 Å².